The maximum absolute atomic E-state index is 14.3. The zero-order valence-electron chi connectivity index (χ0n) is 18.8. The first kappa shape index (κ1) is 23.0. The number of hydrogen-bond acceptors (Lipinski definition) is 5. The van der Waals surface area contributed by atoms with Crippen LogP contribution in [0.4, 0.5) is 14.5 Å². The fourth-order valence-corrected chi connectivity index (χ4v) is 4.68. The van der Waals surface area contributed by atoms with E-state index >= 15 is 0 Å². The number of benzene rings is 2. The predicted octanol–water partition coefficient (Wildman–Crippen LogP) is 3.59. The van der Waals surface area contributed by atoms with E-state index in [9.17, 15) is 13.9 Å². The molecular weight excluding hydrogens is 414 g/mol. The Balaban J connectivity index is 1.31. The van der Waals surface area contributed by atoms with Gasteiger partial charge in [0.15, 0.2) is 0 Å². The van der Waals surface area contributed by atoms with Crippen LogP contribution in [0.1, 0.15) is 25.8 Å². The fraction of sp³-hybridized carbons (Fsp3) is 0.520. The molecule has 2 aromatic carbocycles. The Morgan fingerprint density at radius 1 is 1.09 bits per heavy atom. The van der Waals surface area contributed by atoms with Crippen LogP contribution in [0, 0.1) is 11.6 Å². The highest BCUT2D eigenvalue weighted by Crippen LogP contribution is 2.38. The standard InChI is InChI=1S/C25H32F2N2O3/c1-18(2)28-9-11-29(12-10-28)20-4-6-21(7-5-20)31-15-22-14-25(16-30,17-32-22)23-8-3-19(26)13-24(23)27/h3-8,13,18,22,30H,9-12,14-17H2,1-2H3/t22-,25-/m1/s1. The van der Waals surface area contributed by atoms with Gasteiger partial charge < -0.3 is 19.5 Å². The monoisotopic (exact) mass is 446 g/mol. The summed E-state index contributed by atoms with van der Waals surface area (Å²) in [4.78, 5) is 4.87. The normalized spacial score (nSPS) is 24.3. The number of nitrogens with zero attached hydrogens (tertiary/aromatic N) is 2. The highest BCUT2D eigenvalue weighted by Gasteiger charge is 2.43. The van der Waals surface area contributed by atoms with Crippen LogP contribution < -0.4 is 9.64 Å². The first-order valence-corrected chi connectivity index (χ1v) is 11.3. The highest BCUT2D eigenvalue weighted by atomic mass is 19.1. The molecule has 2 atom stereocenters. The molecule has 5 nitrogen and oxygen atoms in total. The van der Waals surface area contributed by atoms with Crippen molar-refractivity contribution in [1.82, 2.24) is 4.90 Å². The molecule has 2 aliphatic rings. The Morgan fingerprint density at radius 2 is 1.81 bits per heavy atom. The van der Waals surface area contributed by atoms with Crippen LogP contribution in [0.3, 0.4) is 0 Å². The summed E-state index contributed by atoms with van der Waals surface area (Å²) in [5, 5.41) is 9.98. The van der Waals surface area contributed by atoms with Crippen molar-refractivity contribution in [2.45, 2.75) is 37.8 Å². The lowest BCUT2D eigenvalue weighted by molar-refractivity contribution is 0.0609. The second-order valence-corrected chi connectivity index (χ2v) is 9.12. The van der Waals surface area contributed by atoms with Gasteiger partial charge in [0.05, 0.1) is 19.3 Å². The zero-order valence-corrected chi connectivity index (χ0v) is 18.8. The van der Waals surface area contributed by atoms with Gasteiger partial charge in [0, 0.05) is 49.4 Å². The minimum atomic E-state index is -0.881. The molecule has 0 unspecified atom stereocenters. The van der Waals surface area contributed by atoms with Gasteiger partial charge in [0.1, 0.15) is 24.0 Å². The average Bonchev–Trinajstić information content (AvgIpc) is 3.22. The Bertz CT molecular complexity index is 901. The van der Waals surface area contributed by atoms with E-state index in [0.29, 0.717) is 19.1 Å². The number of hydrogen-bond donors (Lipinski definition) is 1. The molecule has 0 radical (unpaired) electrons. The average molecular weight is 447 g/mol. The third-order valence-electron chi connectivity index (χ3n) is 6.70. The molecule has 4 rings (SSSR count). The van der Waals surface area contributed by atoms with Gasteiger partial charge in [0.2, 0.25) is 0 Å². The Labute approximate surface area is 188 Å². The molecule has 2 fully saturated rings. The molecule has 0 saturated carbocycles. The molecule has 0 aromatic heterocycles. The van der Waals surface area contributed by atoms with Gasteiger partial charge >= 0.3 is 0 Å². The first-order valence-electron chi connectivity index (χ1n) is 11.3. The fourth-order valence-electron chi connectivity index (χ4n) is 4.68. The first-order chi connectivity index (χ1) is 15.4. The Kier molecular flexibility index (Phi) is 6.98. The van der Waals surface area contributed by atoms with E-state index < -0.39 is 17.0 Å². The lowest BCUT2D eigenvalue weighted by Gasteiger charge is -2.38. The van der Waals surface area contributed by atoms with Crippen molar-refractivity contribution in [2.24, 2.45) is 0 Å². The molecule has 2 aromatic rings. The lowest BCUT2D eigenvalue weighted by Crippen LogP contribution is -2.48. The van der Waals surface area contributed by atoms with Crippen LogP contribution in [0.15, 0.2) is 42.5 Å². The van der Waals surface area contributed by atoms with E-state index in [1.807, 2.05) is 12.1 Å². The summed E-state index contributed by atoms with van der Waals surface area (Å²) in [6.07, 6.45) is 0.125. The molecule has 0 aliphatic carbocycles. The van der Waals surface area contributed by atoms with Crippen molar-refractivity contribution in [2.75, 3.05) is 50.9 Å². The van der Waals surface area contributed by atoms with Crippen LogP contribution in [0.25, 0.3) is 0 Å². The number of aliphatic hydroxyl groups is 1. The largest absolute Gasteiger partial charge is 0.491 e. The van der Waals surface area contributed by atoms with E-state index in [2.05, 4.69) is 35.8 Å². The third-order valence-corrected chi connectivity index (χ3v) is 6.70. The smallest absolute Gasteiger partial charge is 0.130 e. The second kappa shape index (κ2) is 9.73. The van der Waals surface area contributed by atoms with Gasteiger partial charge in [0.25, 0.3) is 0 Å². The van der Waals surface area contributed by atoms with Crippen molar-refractivity contribution in [1.29, 1.82) is 0 Å². The van der Waals surface area contributed by atoms with Gasteiger partial charge in [-0.1, -0.05) is 6.07 Å². The number of anilines is 1. The summed E-state index contributed by atoms with van der Waals surface area (Å²) < 4.78 is 39.3. The van der Waals surface area contributed by atoms with Crippen molar-refractivity contribution in [3.63, 3.8) is 0 Å². The Hall–Kier alpha value is -2.22. The van der Waals surface area contributed by atoms with Gasteiger partial charge in [-0.2, -0.15) is 0 Å². The predicted molar refractivity (Wildman–Crippen MR) is 120 cm³/mol. The Morgan fingerprint density at radius 3 is 2.44 bits per heavy atom. The molecule has 0 spiro atoms. The minimum Gasteiger partial charge on any atom is -0.491 e. The summed E-state index contributed by atoms with van der Waals surface area (Å²) in [5.41, 5.74) is 0.586. The van der Waals surface area contributed by atoms with Crippen LogP contribution >= 0.6 is 0 Å². The van der Waals surface area contributed by atoms with Crippen molar-refractivity contribution < 1.29 is 23.4 Å². The van der Waals surface area contributed by atoms with Crippen molar-refractivity contribution in [3.05, 3.63) is 59.7 Å². The molecule has 2 aliphatic heterocycles. The number of ether oxygens (including phenoxy) is 2. The number of halogens is 2. The summed E-state index contributed by atoms with van der Waals surface area (Å²) >= 11 is 0. The minimum absolute atomic E-state index is 0.168. The maximum Gasteiger partial charge on any atom is 0.130 e. The summed E-state index contributed by atoms with van der Waals surface area (Å²) in [6, 6.07) is 12.1. The lowest BCUT2D eigenvalue weighted by atomic mass is 9.79. The topological polar surface area (TPSA) is 45.2 Å². The van der Waals surface area contributed by atoms with Gasteiger partial charge in [-0.15, -0.1) is 0 Å². The maximum atomic E-state index is 14.3. The van der Waals surface area contributed by atoms with E-state index in [-0.39, 0.29) is 24.9 Å². The van der Waals surface area contributed by atoms with Crippen molar-refractivity contribution in [3.8, 4) is 5.75 Å². The summed E-state index contributed by atoms with van der Waals surface area (Å²) in [5.74, 6) is -0.551. The molecular formula is C25H32F2N2O3. The molecule has 1 N–H and O–H groups in total. The third kappa shape index (κ3) is 4.90. The molecule has 174 valence electrons. The summed E-state index contributed by atoms with van der Waals surface area (Å²) in [6.45, 7) is 8.82. The van der Waals surface area contributed by atoms with Crippen LogP contribution in [-0.2, 0) is 10.2 Å². The molecule has 2 saturated heterocycles. The van der Waals surface area contributed by atoms with Crippen LogP contribution in [0.5, 0.6) is 5.75 Å². The molecule has 0 amide bonds. The van der Waals surface area contributed by atoms with E-state index in [1.165, 1.54) is 17.8 Å². The van der Waals surface area contributed by atoms with Crippen molar-refractivity contribution >= 4 is 5.69 Å². The molecule has 32 heavy (non-hydrogen) atoms. The van der Waals surface area contributed by atoms with E-state index in [4.69, 9.17) is 9.47 Å². The molecule has 7 heteroatoms. The van der Waals surface area contributed by atoms with E-state index in [0.717, 1.165) is 38.0 Å². The zero-order chi connectivity index (χ0) is 22.7. The number of piperazine rings is 1. The summed E-state index contributed by atoms with van der Waals surface area (Å²) in [7, 11) is 0. The quantitative estimate of drug-likeness (QED) is 0.704. The number of rotatable bonds is 7. The van der Waals surface area contributed by atoms with Gasteiger partial charge in [-0.3, -0.25) is 4.90 Å². The molecule has 2 heterocycles. The molecule has 0 bridgehead atoms. The van der Waals surface area contributed by atoms with Gasteiger partial charge in [-0.25, -0.2) is 8.78 Å². The van der Waals surface area contributed by atoms with Crippen LogP contribution in [-0.4, -0.2) is 68.2 Å². The SMILES string of the molecule is CC(C)N1CCN(c2ccc(OC[C@H]3C[C@](CO)(c4ccc(F)cc4F)CO3)cc2)CC1. The van der Waals surface area contributed by atoms with E-state index in [1.54, 1.807) is 0 Å². The highest BCUT2D eigenvalue weighted by molar-refractivity contribution is 5.49. The number of aliphatic hydroxyl groups excluding tert-OH is 1. The second-order valence-electron chi connectivity index (χ2n) is 9.12. The van der Waals surface area contributed by atoms with Crippen LogP contribution in [0.2, 0.25) is 0 Å². The van der Waals surface area contributed by atoms with Gasteiger partial charge in [-0.05, 0) is 56.2 Å².